The van der Waals surface area contributed by atoms with Gasteiger partial charge in [-0.25, -0.2) is 4.79 Å². The second kappa shape index (κ2) is 5.07. The molecule has 2 fully saturated rings. The Morgan fingerprint density at radius 2 is 2.33 bits per heavy atom. The molecule has 0 saturated carbocycles. The number of rotatable bonds is 3. The van der Waals surface area contributed by atoms with E-state index in [2.05, 4.69) is 4.74 Å². The van der Waals surface area contributed by atoms with Gasteiger partial charge in [-0.2, -0.15) is 8.78 Å². The van der Waals surface area contributed by atoms with Crippen molar-refractivity contribution in [2.75, 3.05) is 26.2 Å². The van der Waals surface area contributed by atoms with Crippen LogP contribution >= 0.6 is 0 Å². The van der Waals surface area contributed by atoms with E-state index in [0.29, 0.717) is 26.2 Å². The van der Waals surface area contributed by atoms with Gasteiger partial charge in [-0.1, -0.05) is 0 Å². The number of halogens is 2. The highest BCUT2D eigenvalue weighted by molar-refractivity contribution is 5.79. The average molecular weight is 264 g/mol. The fourth-order valence-electron chi connectivity index (χ4n) is 2.25. The number of hydrogen-bond donors (Lipinski definition) is 1. The first-order chi connectivity index (χ1) is 8.38. The molecule has 0 aromatic heterocycles. The second-order valence-electron chi connectivity index (χ2n) is 4.96. The summed E-state index contributed by atoms with van der Waals surface area (Å²) >= 11 is 0. The third-order valence-corrected chi connectivity index (χ3v) is 3.28. The lowest BCUT2D eigenvalue weighted by Gasteiger charge is -2.35. The van der Waals surface area contributed by atoms with Crippen molar-refractivity contribution in [2.45, 2.75) is 37.5 Å². The first-order valence-corrected chi connectivity index (χ1v) is 6.07. The van der Waals surface area contributed by atoms with Gasteiger partial charge in [0.15, 0.2) is 0 Å². The van der Waals surface area contributed by atoms with E-state index in [-0.39, 0.29) is 12.1 Å². The van der Waals surface area contributed by atoms with E-state index in [1.165, 1.54) is 0 Å². The molecule has 3 atom stereocenters. The molecule has 0 spiro atoms. The largest absolute Gasteiger partial charge is 0.456 e. The number of morpholine rings is 1. The molecule has 2 aliphatic rings. The number of nitrogens with two attached hydrogens (primary N) is 1. The molecule has 0 radical (unpaired) electrons. The van der Waals surface area contributed by atoms with Crippen LogP contribution in [0.2, 0.25) is 0 Å². The summed E-state index contributed by atoms with van der Waals surface area (Å²) < 4.78 is 36.2. The number of cyclic esters (lactones) is 1. The standard InChI is InChI=1S/C11H18F2N2O3/c1-7(14)9-6-15(2-3-17-9)5-8-4-11(12,13)10(16)18-8/h7-9H,2-6,14H2,1H3. The topological polar surface area (TPSA) is 64.8 Å². The van der Waals surface area contributed by atoms with Gasteiger partial charge in [-0.05, 0) is 6.92 Å². The number of nitrogens with zero attached hydrogens (tertiary/aromatic N) is 1. The van der Waals surface area contributed by atoms with Crippen LogP contribution in [0, 0.1) is 0 Å². The summed E-state index contributed by atoms with van der Waals surface area (Å²) in [5.74, 6) is -4.75. The van der Waals surface area contributed by atoms with Gasteiger partial charge >= 0.3 is 11.9 Å². The summed E-state index contributed by atoms with van der Waals surface area (Å²) in [4.78, 5) is 12.8. The van der Waals surface area contributed by atoms with Gasteiger partial charge in [-0.3, -0.25) is 4.90 Å². The summed E-state index contributed by atoms with van der Waals surface area (Å²) in [6, 6.07) is -0.111. The third kappa shape index (κ3) is 2.96. The van der Waals surface area contributed by atoms with Crippen LogP contribution in [-0.4, -0.2) is 61.3 Å². The zero-order valence-electron chi connectivity index (χ0n) is 10.3. The maximum atomic E-state index is 13.0. The Hall–Kier alpha value is -0.790. The zero-order chi connectivity index (χ0) is 13.3. The van der Waals surface area contributed by atoms with Gasteiger partial charge in [0.05, 0.1) is 19.1 Å². The van der Waals surface area contributed by atoms with Crippen LogP contribution in [0.3, 0.4) is 0 Å². The number of carbonyl (C=O) groups is 1. The Balaban J connectivity index is 1.85. The normalized spacial score (nSPS) is 34.3. The lowest BCUT2D eigenvalue weighted by Crippen LogP contribution is -2.51. The van der Waals surface area contributed by atoms with Crippen molar-refractivity contribution in [1.29, 1.82) is 0 Å². The Bertz CT molecular complexity index is 325. The number of hydrogen-bond acceptors (Lipinski definition) is 5. The van der Waals surface area contributed by atoms with Crippen LogP contribution in [0.1, 0.15) is 13.3 Å². The van der Waals surface area contributed by atoms with Crippen molar-refractivity contribution in [2.24, 2.45) is 5.73 Å². The molecule has 2 saturated heterocycles. The lowest BCUT2D eigenvalue weighted by atomic mass is 10.1. The van der Waals surface area contributed by atoms with E-state index in [4.69, 9.17) is 10.5 Å². The molecule has 2 rings (SSSR count). The minimum absolute atomic E-state index is 0.101. The monoisotopic (exact) mass is 264 g/mol. The van der Waals surface area contributed by atoms with E-state index >= 15 is 0 Å². The van der Waals surface area contributed by atoms with Crippen LogP contribution in [0.15, 0.2) is 0 Å². The molecule has 2 heterocycles. The summed E-state index contributed by atoms with van der Waals surface area (Å²) in [5, 5.41) is 0. The molecule has 0 amide bonds. The molecule has 7 heteroatoms. The van der Waals surface area contributed by atoms with E-state index in [0.717, 1.165) is 0 Å². The number of carbonyl (C=O) groups excluding carboxylic acids is 1. The Morgan fingerprint density at radius 3 is 2.89 bits per heavy atom. The van der Waals surface area contributed by atoms with Crippen molar-refractivity contribution in [3.8, 4) is 0 Å². The molecule has 0 bridgehead atoms. The highest BCUT2D eigenvalue weighted by Crippen LogP contribution is 2.31. The van der Waals surface area contributed by atoms with Crippen LogP contribution in [-0.2, 0) is 14.3 Å². The lowest BCUT2D eigenvalue weighted by molar-refractivity contribution is -0.159. The van der Waals surface area contributed by atoms with Crippen molar-refractivity contribution in [3.05, 3.63) is 0 Å². The Labute approximate surface area is 104 Å². The van der Waals surface area contributed by atoms with Crippen molar-refractivity contribution in [1.82, 2.24) is 4.90 Å². The molecule has 104 valence electrons. The molecule has 0 aromatic carbocycles. The highest BCUT2D eigenvalue weighted by atomic mass is 19.3. The second-order valence-corrected chi connectivity index (χ2v) is 4.96. The fraction of sp³-hybridized carbons (Fsp3) is 0.909. The smallest absolute Gasteiger partial charge is 0.377 e. The fourth-order valence-corrected chi connectivity index (χ4v) is 2.25. The maximum Gasteiger partial charge on any atom is 0.377 e. The minimum atomic E-state index is -3.34. The van der Waals surface area contributed by atoms with Gasteiger partial charge in [0.1, 0.15) is 6.10 Å². The molecule has 18 heavy (non-hydrogen) atoms. The van der Waals surface area contributed by atoms with E-state index in [1.54, 1.807) is 0 Å². The predicted molar refractivity (Wildman–Crippen MR) is 59.3 cm³/mol. The first-order valence-electron chi connectivity index (χ1n) is 6.07. The Morgan fingerprint density at radius 1 is 1.61 bits per heavy atom. The average Bonchev–Trinajstić information content (AvgIpc) is 2.52. The van der Waals surface area contributed by atoms with E-state index in [9.17, 15) is 13.6 Å². The van der Waals surface area contributed by atoms with Gasteiger partial charge in [-0.15, -0.1) is 0 Å². The molecule has 0 aliphatic carbocycles. The molecular formula is C11H18F2N2O3. The third-order valence-electron chi connectivity index (χ3n) is 3.28. The molecule has 2 aliphatic heterocycles. The van der Waals surface area contributed by atoms with E-state index in [1.807, 2.05) is 11.8 Å². The molecule has 2 N–H and O–H groups in total. The first kappa shape index (κ1) is 13.6. The quantitative estimate of drug-likeness (QED) is 0.726. The van der Waals surface area contributed by atoms with Crippen molar-refractivity contribution < 1.29 is 23.0 Å². The van der Waals surface area contributed by atoms with E-state index < -0.39 is 24.4 Å². The summed E-state index contributed by atoms with van der Waals surface area (Å²) in [6.45, 7) is 3.90. The van der Waals surface area contributed by atoms with Gasteiger partial charge in [0, 0.05) is 25.7 Å². The van der Waals surface area contributed by atoms with Gasteiger partial charge in [0.2, 0.25) is 0 Å². The highest BCUT2D eigenvalue weighted by Gasteiger charge is 2.51. The summed E-state index contributed by atoms with van der Waals surface area (Å²) in [5.41, 5.74) is 5.75. The van der Waals surface area contributed by atoms with Crippen molar-refractivity contribution in [3.63, 3.8) is 0 Å². The molecule has 3 unspecified atom stereocenters. The van der Waals surface area contributed by atoms with Crippen LogP contribution in [0.4, 0.5) is 8.78 Å². The minimum Gasteiger partial charge on any atom is -0.456 e. The number of alkyl halides is 2. The van der Waals surface area contributed by atoms with Crippen LogP contribution in [0.5, 0.6) is 0 Å². The Kier molecular flexibility index (Phi) is 3.84. The maximum absolute atomic E-state index is 13.0. The molecular weight excluding hydrogens is 246 g/mol. The van der Waals surface area contributed by atoms with Crippen LogP contribution < -0.4 is 5.73 Å². The molecule has 0 aromatic rings. The van der Waals surface area contributed by atoms with Crippen LogP contribution in [0.25, 0.3) is 0 Å². The summed E-state index contributed by atoms with van der Waals surface area (Å²) in [6.07, 6.45) is -1.37. The number of esters is 1. The van der Waals surface area contributed by atoms with Gasteiger partial charge < -0.3 is 15.2 Å². The predicted octanol–water partition coefficient (Wildman–Crippen LogP) is -0.0148. The SMILES string of the molecule is CC(N)C1CN(CC2CC(F)(F)C(=O)O2)CCO1. The molecule has 5 nitrogen and oxygen atoms in total. The summed E-state index contributed by atoms with van der Waals surface area (Å²) in [7, 11) is 0. The van der Waals surface area contributed by atoms with Gasteiger partial charge in [0.25, 0.3) is 0 Å². The zero-order valence-corrected chi connectivity index (χ0v) is 10.3. The van der Waals surface area contributed by atoms with Crippen molar-refractivity contribution >= 4 is 5.97 Å². The number of ether oxygens (including phenoxy) is 2.